The van der Waals surface area contributed by atoms with E-state index in [4.69, 9.17) is 14.4 Å². The fraction of sp³-hybridized carbons (Fsp3) is 0.167. The number of ether oxygens (including phenoxy) is 1. The lowest BCUT2D eigenvalue weighted by Crippen LogP contribution is -2.16. The van der Waals surface area contributed by atoms with E-state index in [2.05, 4.69) is 15.5 Å². The zero-order valence-electron chi connectivity index (χ0n) is 18.1. The number of nitrogens with one attached hydrogen (secondary N) is 1. The second-order valence-corrected chi connectivity index (χ2v) is 8.23. The molecule has 10 heteroatoms. The van der Waals surface area contributed by atoms with Crippen LogP contribution in [0.1, 0.15) is 16.9 Å². The van der Waals surface area contributed by atoms with Gasteiger partial charge in [-0.3, -0.25) is 10.1 Å². The molecule has 4 aromatic rings. The minimum absolute atomic E-state index is 0.0000395. The van der Waals surface area contributed by atoms with E-state index < -0.39 is 12.1 Å². The number of carboxylic acids is 1. The van der Waals surface area contributed by atoms with Crippen molar-refractivity contribution < 1.29 is 28.3 Å². The molecule has 0 atom stereocenters. The van der Waals surface area contributed by atoms with E-state index in [1.165, 1.54) is 17.4 Å². The maximum atomic E-state index is 13.7. The van der Waals surface area contributed by atoms with Gasteiger partial charge in [-0.2, -0.15) is 0 Å². The molecule has 0 unspecified atom stereocenters. The lowest BCUT2D eigenvalue weighted by atomic mass is 10.1. The van der Waals surface area contributed by atoms with Gasteiger partial charge in [0, 0.05) is 17.4 Å². The Balaban J connectivity index is 1.45. The zero-order chi connectivity index (χ0) is 24.1. The van der Waals surface area contributed by atoms with Gasteiger partial charge in [-0.15, -0.1) is 11.3 Å². The molecule has 8 nitrogen and oxygen atoms in total. The molecule has 0 aliphatic carbocycles. The van der Waals surface area contributed by atoms with E-state index in [-0.39, 0.29) is 25.3 Å². The van der Waals surface area contributed by atoms with Crippen molar-refractivity contribution in [3.05, 3.63) is 76.6 Å². The summed E-state index contributed by atoms with van der Waals surface area (Å²) in [5, 5.41) is 18.1. The highest BCUT2D eigenvalue weighted by molar-refractivity contribution is 7.13. The number of benzene rings is 2. The third-order valence-corrected chi connectivity index (χ3v) is 5.82. The minimum atomic E-state index is -0.911. The Kier molecular flexibility index (Phi) is 6.98. The lowest BCUT2D eigenvalue weighted by Gasteiger charge is -2.07. The molecule has 0 radical (unpaired) electrons. The predicted octanol–water partition coefficient (Wildman–Crippen LogP) is 5.33. The molecule has 174 valence electrons. The molecule has 2 aromatic carbocycles. The van der Waals surface area contributed by atoms with Crippen LogP contribution >= 0.6 is 11.3 Å². The number of carboxylic acid groups (broad SMARTS) is 1. The van der Waals surface area contributed by atoms with Crippen molar-refractivity contribution in [2.75, 3.05) is 11.9 Å². The summed E-state index contributed by atoms with van der Waals surface area (Å²) in [6.07, 6.45) is -0.561. The van der Waals surface area contributed by atoms with Gasteiger partial charge in [0.15, 0.2) is 11.5 Å². The highest BCUT2D eigenvalue weighted by atomic mass is 32.1. The van der Waals surface area contributed by atoms with Gasteiger partial charge in [0.1, 0.15) is 22.2 Å². The third kappa shape index (κ3) is 5.46. The number of carbonyl (C=O) groups is 2. The number of aromatic nitrogens is 2. The number of aliphatic carboxylic acids is 1. The summed E-state index contributed by atoms with van der Waals surface area (Å²) in [6, 6.07) is 13.4. The van der Waals surface area contributed by atoms with Gasteiger partial charge in [-0.25, -0.2) is 14.2 Å². The van der Waals surface area contributed by atoms with Gasteiger partial charge < -0.3 is 14.4 Å². The van der Waals surface area contributed by atoms with Crippen LogP contribution in [0.4, 0.5) is 14.9 Å². The Morgan fingerprint density at radius 3 is 2.82 bits per heavy atom. The van der Waals surface area contributed by atoms with E-state index in [9.17, 15) is 14.0 Å². The second kappa shape index (κ2) is 10.3. The largest absolute Gasteiger partial charge is 0.481 e. The highest BCUT2D eigenvalue weighted by Crippen LogP contribution is 2.34. The van der Waals surface area contributed by atoms with Crippen LogP contribution in [-0.4, -0.2) is 33.9 Å². The van der Waals surface area contributed by atoms with Gasteiger partial charge in [0.2, 0.25) is 0 Å². The van der Waals surface area contributed by atoms with E-state index in [1.54, 1.807) is 48.7 Å². The lowest BCUT2D eigenvalue weighted by molar-refractivity contribution is -0.136. The maximum absolute atomic E-state index is 13.7. The van der Waals surface area contributed by atoms with Crippen molar-refractivity contribution in [2.45, 2.75) is 19.8 Å². The first-order valence-electron chi connectivity index (χ1n) is 10.3. The average Bonchev–Trinajstić information content (AvgIpc) is 3.42. The molecule has 1 amide bonds. The zero-order valence-corrected chi connectivity index (χ0v) is 18.9. The van der Waals surface area contributed by atoms with E-state index in [1.807, 2.05) is 6.07 Å². The summed E-state index contributed by atoms with van der Waals surface area (Å²) in [6.45, 7) is 1.65. The Morgan fingerprint density at radius 1 is 1.21 bits per heavy atom. The van der Waals surface area contributed by atoms with E-state index in [0.29, 0.717) is 39.0 Å². The van der Waals surface area contributed by atoms with Gasteiger partial charge in [0.05, 0.1) is 13.0 Å². The molecule has 34 heavy (non-hydrogen) atoms. The normalized spacial score (nSPS) is 10.8. The van der Waals surface area contributed by atoms with Crippen molar-refractivity contribution >= 4 is 29.1 Å². The smallest absolute Gasteiger partial charge is 0.411 e. The standard InChI is InChI=1S/C24H20FN3O5S/c1-14-21(27-24(31)32-10-9-16-6-2-3-8-18(16)25)22(28-33-14)19-13-34-23(26-19)17-7-4-5-15(11-17)12-20(29)30/h2-8,11,13H,9-10,12H2,1H3,(H,27,31)(H,29,30). The molecular weight excluding hydrogens is 461 g/mol. The fourth-order valence-corrected chi connectivity index (χ4v) is 4.09. The molecule has 0 fully saturated rings. The molecule has 0 spiro atoms. The number of hydrogen-bond donors (Lipinski definition) is 2. The summed E-state index contributed by atoms with van der Waals surface area (Å²) in [5.41, 5.74) is 3.05. The highest BCUT2D eigenvalue weighted by Gasteiger charge is 2.20. The molecule has 2 heterocycles. The fourth-order valence-electron chi connectivity index (χ4n) is 3.29. The molecule has 2 N–H and O–H groups in total. The molecule has 4 rings (SSSR count). The molecule has 2 aromatic heterocycles. The van der Waals surface area contributed by atoms with Gasteiger partial charge in [-0.05, 0) is 30.2 Å². The monoisotopic (exact) mass is 481 g/mol. The van der Waals surface area contributed by atoms with Crippen LogP contribution < -0.4 is 5.32 Å². The van der Waals surface area contributed by atoms with Crippen LogP contribution in [0.2, 0.25) is 0 Å². The summed E-state index contributed by atoms with van der Waals surface area (Å²) < 4.78 is 24.1. The predicted molar refractivity (Wildman–Crippen MR) is 124 cm³/mol. The number of halogens is 1. The number of thiazole rings is 1. The minimum Gasteiger partial charge on any atom is -0.481 e. The maximum Gasteiger partial charge on any atom is 0.411 e. The molecule has 0 saturated heterocycles. The van der Waals surface area contributed by atoms with Crippen LogP contribution in [0, 0.1) is 12.7 Å². The van der Waals surface area contributed by atoms with E-state index in [0.717, 1.165) is 5.56 Å². The summed E-state index contributed by atoms with van der Waals surface area (Å²) in [5.74, 6) is -0.887. The van der Waals surface area contributed by atoms with Crippen molar-refractivity contribution in [1.29, 1.82) is 0 Å². The number of hydrogen-bond acceptors (Lipinski definition) is 7. The van der Waals surface area contributed by atoms with E-state index >= 15 is 0 Å². The molecular formula is C24H20FN3O5S. The number of aryl methyl sites for hydroxylation is 1. The van der Waals surface area contributed by atoms with Crippen molar-refractivity contribution in [3.8, 4) is 22.0 Å². The Hall–Kier alpha value is -4.05. The van der Waals surface area contributed by atoms with Crippen molar-refractivity contribution in [2.24, 2.45) is 0 Å². The van der Waals surface area contributed by atoms with Crippen molar-refractivity contribution in [3.63, 3.8) is 0 Å². The van der Waals surface area contributed by atoms with Crippen molar-refractivity contribution in [1.82, 2.24) is 10.1 Å². The average molecular weight is 482 g/mol. The summed E-state index contributed by atoms with van der Waals surface area (Å²) in [7, 11) is 0. The quantitative estimate of drug-likeness (QED) is 0.349. The Bertz CT molecular complexity index is 1330. The first kappa shape index (κ1) is 23.1. The number of carbonyl (C=O) groups excluding carboxylic acids is 1. The Labute approximate surface area is 198 Å². The Morgan fingerprint density at radius 2 is 2.03 bits per heavy atom. The van der Waals surface area contributed by atoms with Crippen LogP contribution in [0.5, 0.6) is 0 Å². The number of rotatable bonds is 8. The second-order valence-electron chi connectivity index (χ2n) is 7.37. The topological polar surface area (TPSA) is 115 Å². The summed E-state index contributed by atoms with van der Waals surface area (Å²) in [4.78, 5) is 27.9. The first-order chi connectivity index (χ1) is 16.4. The van der Waals surface area contributed by atoms with Crippen LogP contribution in [0.25, 0.3) is 22.0 Å². The first-order valence-corrected chi connectivity index (χ1v) is 11.2. The summed E-state index contributed by atoms with van der Waals surface area (Å²) >= 11 is 1.36. The number of amides is 1. The van der Waals surface area contributed by atoms with Crippen LogP contribution in [0.15, 0.2) is 58.4 Å². The molecule has 0 aliphatic heterocycles. The van der Waals surface area contributed by atoms with Gasteiger partial charge in [-0.1, -0.05) is 41.6 Å². The number of nitrogens with zero attached hydrogens (tertiary/aromatic N) is 2. The van der Waals surface area contributed by atoms with Crippen LogP contribution in [-0.2, 0) is 22.4 Å². The SMILES string of the molecule is Cc1onc(-c2csc(-c3cccc(CC(=O)O)c3)n2)c1NC(=O)OCCc1ccccc1F. The molecule has 0 saturated carbocycles. The van der Waals surface area contributed by atoms with Gasteiger partial charge in [0.25, 0.3) is 0 Å². The van der Waals surface area contributed by atoms with Crippen LogP contribution in [0.3, 0.4) is 0 Å². The molecule has 0 aliphatic rings. The van der Waals surface area contributed by atoms with Gasteiger partial charge >= 0.3 is 12.1 Å². The molecule has 0 bridgehead atoms. The number of anilines is 1. The third-order valence-electron chi connectivity index (χ3n) is 4.93.